The lowest BCUT2D eigenvalue weighted by Crippen LogP contribution is -2.51. The molecule has 1 aliphatic heterocycles. The van der Waals surface area contributed by atoms with Crippen molar-refractivity contribution in [3.05, 3.63) is 11.1 Å². The zero-order valence-corrected chi connectivity index (χ0v) is 11.2. The molecule has 1 N–H and O–H groups in total. The Morgan fingerprint density at radius 3 is 2.94 bits per heavy atom. The molecule has 2 rings (SSSR count). The van der Waals surface area contributed by atoms with Crippen LogP contribution in [0.2, 0.25) is 0 Å². The molecule has 0 radical (unpaired) electrons. The van der Waals surface area contributed by atoms with E-state index in [0.29, 0.717) is 5.54 Å². The van der Waals surface area contributed by atoms with E-state index in [1.54, 1.807) is 5.54 Å². The predicted octanol–water partition coefficient (Wildman–Crippen LogP) is 2.59. The van der Waals surface area contributed by atoms with E-state index < -0.39 is 0 Å². The molecule has 1 heterocycles. The lowest BCUT2D eigenvalue weighted by atomic mass is 9.95. The summed E-state index contributed by atoms with van der Waals surface area (Å²) in [5.41, 5.74) is 3.32. The molecule has 1 saturated carbocycles. The van der Waals surface area contributed by atoms with Crippen molar-refractivity contribution in [2.75, 3.05) is 26.2 Å². The monoisotopic (exact) mass is 242 g/mol. The minimum absolute atomic E-state index is 0.336. The summed E-state index contributed by atoms with van der Waals surface area (Å²) in [6, 6.07) is 0. The Labute approximate surface area is 104 Å². The minimum atomic E-state index is 0.336. The Kier molecular flexibility index (Phi) is 3.93. The quantitative estimate of drug-likeness (QED) is 0.819. The van der Waals surface area contributed by atoms with Gasteiger partial charge in [-0.1, -0.05) is 11.6 Å². The number of rotatable bonds is 3. The fourth-order valence-corrected chi connectivity index (χ4v) is 2.86. The molecule has 1 unspecified atom stereocenters. The van der Waals surface area contributed by atoms with Gasteiger partial charge in [-0.2, -0.15) is 0 Å². The fourth-order valence-electron chi connectivity index (χ4n) is 2.79. The maximum absolute atomic E-state index is 5.75. The molecule has 92 valence electrons. The number of halogens is 1. The van der Waals surface area contributed by atoms with Crippen LogP contribution < -0.4 is 5.32 Å². The lowest BCUT2D eigenvalue weighted by molar-refractivity contribution is 0.213. The molecular formula is C13H23ClN2. The van der Waals surface area contributed by atoms with Crippen molar-refractivity contribution >= 4 is 11.6 Å². The molecule has 1 atom stereocenters. The van der Waals surface area contributed by atoms with E-state index >= 15 is 0 Å². The van der Waals surface area contributed by atoms with Crippen LogP contribution in [0.4, 0.5) is 0 Å². The van der Waals surface area contributed by atoms with Crippen molar-refractivity contribution in [3.8, 4) is 0 Å². The van der Waals surface area contributed by atoms with Crippen LogP contribution in [-0.4, -0.2) is 36.6 Å². The van der Waals surface area contributed by atoms with Crippen LogP contribution in [0.1, 0.15) is 33.1 Å². The number of nitrogens with zero attached hydrogens (tertiary/aromatic N) is 1. The van der Waals surface area contributed by atoms with Gasteiger partial charge in [0.25, 0.3) is 0 Å². The van der Waals surface area contributed by atoms with Gasteiger partial charge >= 0.3 is 0 Å². The molecule has 0 amide bonds. The Morgan fingerprint density at radius 2 is 2.31 bits per heavy atom. The average molecular weight is 243 g/mol. The van der Waals surface area contributed by atoms with Crippen molar-refractivity contribution in [2.45, 2.75) is 38.6 Å². The molecule has 1 saturated heterocycles. The zero-order valence-electron chi connectivity index (χ0n) is 10.4. The van der Waals surface area contributed by atoms with E-state index in [9.17, 15) is 0 Å². The lowest BCUT2D eigenvalue weighted by Gasteiger charge is -2.34. The maximum Gasteiger partial charge on any atom is 0.0308 e. The number of nitrogens with one attached hydrogen (secondary N) is 1. The first-order valence-electron chi connectivity index (χ1n) is 6.37. The van der Waals surface area contributed by atoms with Gasteiger partial charge in [0.2, 0.25) is 0 Å². The van der Waals surface area contributed by atoms with Crippen molar-refractivity contribution in [2.24, 2.45) is 5.92 Å². The van der Waals surface area contributed by atoms with Crippen LogP contribution in [0.25, 0.3) is 0 Å². The highest BCUT2D eigenvalue weighted by atomic mass is 35.5. The summed E-state index contributed by atoms with van der Waals surface area (Å²) in [7, 11) is 0. The van der Waals surface area contributed by atoms with Crippen molar-refractivity contribution in [1.29, 1.82) is 0 Å². The summed E-state index contributed by atoms with van der Waals surface area (Å²) in [5.74, 6) is 0.897. The summed E-state index contributed by atoms with van der Waals surface area (Å²) in [6.07, 6.45) is 4.06. The maximum atomic E-state index is 5.75. The first-order valence-corrected chi connectivity index (χ1v) is 6.81. The van der Waals surface area contributed by atoms with Crippen molar-refractivity contribution in [1.82, 2.24) is 10.2 Å². The Balaban J connectivity index is 1.97. The first-order chi connectivity index (χ1) is 7.64. The second-order valence-corrected chi connectivity index (χ2v) is 5.86. The minimum Gasteiger partial charge on any atom is -0.310 e. The van der Waals surface area contributed by atoms with Crippen LogP contribution in [0.3, 0.4) is 0 Å². The molecular weight excluding hydrogens is 220 g/mol. The van der Waals surface area contributed by atoms with Crippen LogP contribution in [0.5, 0.6) is 0 Å². The van der Waals surface area contributed by atoms with Gasteiger partial charge in [0.05, 0.1) is 0 Å². The molecule has 16 heavy (non-hydrogen) atoms. The molecule has 3 heteroatoms. The summed E-state index contributed by atoms with van der Waals surface area (Å²) in [6.45, 7) is 9.04. The molecule has 0 aromatic heterocycles. The normalized spacial score (nSPS) is 33.8. The molecule has 1 aliphatic carbocycles. The third kappa shape index (κ3) is 2.99. The highest BCUT2D eigenvalue weighted by molar-refractivity contribution is 6.25. The Bertz CT molecular complexity index is 273. The molecule has 2 nitrogen and oxygen atoms in total. The summed E-state index contributed by atoms with van der Waals surface area (Å²) < 4.78 is 0. The van der Waals surface area contributed by atoms with Gasteiger partial charge in [-0.25, -0.2) is 0 Å². The molecule has 0 aromatic carbocycles. The van der Waals surface area contributed by atoms with Gasteiger partial charge < -0.3 is 5.32 Å². The molecule has 0 aromatic rings. The van der Waals surface area contributed by atoms with Crippen molar-refractivity contribution in [3.63, 3.8) is 0 Å². The topological polar surface area (TPSA) is 15.3 Å². The fraction of sp³-hybridized carbons (Fsp3) is 0.846. The van der Waals surface area contributed by atoms with Crippen LogP contribution in [0.15, 0.2) is 11.1 Å². The molecule has 2 fully saturated rings. The second-order valence-electron chi connectivity index (χ2n) is 5.64. The van der Waals surface area contributed by atoms with Gasteiger partial charge in [0, 0.05) is 24.2 Å². The number of hydrogen-bond donors (Lipinski definition) is 1. The summed E-state index contributed by atoms with van der Waals surface area (Å²) in [5, 5.41) is 3.75. The van der Waals surface area contributed by atoms with Crippen LogP contribution >= 0.6 is 11.6 Å². The largest absolute Gasteiger partial charge is 0.310 e. The number of hydrogen-bond acceptors (Lipinski definition) is 2. The standard InChI is InChI=1S/C13H23ClN2/c1-11(8-14)9-16-7-3-6-15-13(2,10-16)12-4-5-12/h8,12,15H,3-7,9-10H2,1-2H3. The zero-order chi connectivity index (χ0) is 11.6. The third-order valence-electron chi connectivity index (χ3n) is 3.87. The van der Waals surface area contributed by atoms with Gasteiger partial charge in [-0.3, -0.25) is 4.90 Å². The smallest absolute Gasteiger partial charge is 0.0308 e. The Hall–Kier alpha value is -0.0500. The van der Waals surface area contributed by atoms with E-state index in [4.69, 9.17) is 11.6 Å². The summed E-state index contributed by atoms with van der Waals surface area (Å²) >= 11 is 5.75. The van der Waals surface area contributed by atoms with Crippen LogP contribution in [-0.2, 0) is 0 Å². The second kappa shape index (κ2) is 5.07. The van der Waals surface area contributed by atoms with Crippen molar-refractivity contribution < 1.29 is 0 Å². The van der Waals surface area contributed by atoms with Gasteiger partial charge in [0.15, 0.2) is 0 Å². The van der Waals surface area contributed by atoms with E-state index in [-0.39, 0.29) is 0 Å². The van der Waals surface area contributed by atoms with Gasteiger partial charge in [0.1, 0.15) is 0 Å². The SMILES string of the molecule is CC(=CCl)CN1CCCNC(C)(C2CC2)C1. The molecule has 2 aliphatic rings. The van der Waals surface area contributed by atoms with E-state index in [2.05, 4.69) is 24.1 Å². The summed E-state index contributed by atoms with van der Waals surface area (Å²) in [4.78, 5) is 2.55. The van der Waals surface area contributed by atoms with E-state index in [0.717, 1.165) is 19.0 Å². The third-order valence-corrected chi connectivity index (χ3v) is 4.24. The molecule has 0 spiro atoms. The van der Waals surface area contributed by atoms with Crippen LogP contribution in [0, 0.1) is 5.92 Å². The average Bonchev–Trinajstić information content (AvgIpc) is 3.05. The van der Waals surface area contributed by atoms with E-state index in [1.165, 1.54) is 37.9 Å². The Morgan fingerprint density at radius 1 is 1.56 bits per heavy atom. The highest BCUT2D eigenvalue weighted by Crippen LogP contribution is 2.40. The first kappa shape index (κ1) is 12.4. The molecule has 0 bridgehead atoms. The van der Waals surface area contributed by atoms with E-state index in [1.807, 2.05) is 0 Å². The highest BCUT2D eigenvalue weighted by Gasteiger charge is 2.42. The predicted molar refractivity (Wildman–Crippen MR) is 69.8 cm³/mol. The van der Waals surface area contributed by atoms with Gasteiger partial charge in [-0.05, 0) is 57.7 Å². The van der Waals surface area contributed by atoms with Gasteiger partial charge in [-0.15, -0.1) is 0 Å².